The third kappa shape index (κ3) is 49.3. The van der Waals surface area contributed by atoms with Gasteiger partial charge in [-0.2, -0.15) is 0 Å². The minimum Gasteiger partial charge on any atom is -0.462 e. The van der Waals surface area contributed by atoms with Gasteiger partial charge in [-0.1, -0.05) is 227 Å². The van der Waals surface area contributed by atoms with E-state index in [0.29, 0.717) is 12.8 Å². The molecular formula is C58H96O6. The Balaban J connectivity index is 4.51. The number of carbonyl (C=O) groups is 3. The number of ether oxygens (including phenoxy) is 3. The lowest BCUT2D eigenvalue weighted by molar-refractivity contribution is -0.166. The van der Waals surface area contributed by atoms with E-state index in [0.717, 1.165) is 96.3 Å². The Labute approximate surface area is 394 Å². The minimum atomic E-state index is -0.819. The third-order valence-electron chi connectivity index (χ3n) is 10.9. The van der Waals surface area contributed by atoms with Crippen LogP contribution in [0.15, 0.2) is 97.2 Å². The van der Waals surface area contributed by atoms with E-state index in [1.807, 2.05) is 30.4 Å². The van der Waals surface area contributed by atoms with E-state index in [1.165, 1.54) is 89.9 Å². The Morgan fingerprint density at radius 3 is 1.19 bits per heavy atom. The van der Waals surface area contributed by atoms with E-state index < -0.39 is 6.10 Å². The van der Waals surface area contributed by atoms with Crippen LogP contribution in [-0.2, 0) is 28.6 Å². The quantitative estimate of drug-likeness (QED) is 0.0199. The summed E-state index contributed by atoms with van der Waals surface area (Å²) in [4.78, 5) is 38.0. The van der Waals surface area contributed by atoms with E-state index in [2.05, 4.69) is 87.6 Å². The summed E-state index contributed by atoms with van der Waals surface area (Å²) in [5, 5.41) is 0. The van der Waals surface area contributed by atoms with Gasteiger partial charge < -0.3 is 14.2 Å². The van der Waals surface area contributed by atoms with E-state index in [1.54, 1.807) is 0 Å². The lowest BCUT2D eigenvalue weighted by Gasteiger charge is -2.18. The molecule has 0 fully saturated rings. The van der Waals surface area contributed by atoms with Crippen molar-refractivity contribution in [2.45, 2.75) is 239 Å². The van der Waals surface area contributed by atoms with E-state index >= 15 is 0 Å². The molecule has 64 heavy (non-hydrogen) atoms. The molecule has 364 valence electrons. The lowest BCUT2D eigenvalue weighted by atomic mass is 10.1. The molecule has 0 saturated heterocycles. The van der Waals surface area contributed by atoms with Crippen molar-refractivity contribution in [2.75, 3.05) is 13.2 Å². The molecule has 0 aliphatic rings. The lowest BCUT2D eigenvalue weighted by Crippen LogP contribution is -2.30. The Kier molecular flexibility index (Phi) is 49.0. The first kappa shape index (κ1) is 60.3. The Morgan fingerprint density at radius 1 is 0.344 bits per heavy atom. The van der Waals surface area contributed by atoms with Gasteiger partial charge in [0, 0.05) is 19.3 Å². The summed E-state index contributed by atoms with van der Waals surface area (Å²) in [6, 6.07) is 0. The van der Waals surface area contributed by atoms with Crippen LogP contribution in [0.25, 0.3) is 0 Å². The Hall–Kier alpha value is -3.67. The molecule has 0 aliphatic carbocycles. The number of carbonyl (C=O) groups excluding carboxylic acids is 3. The smallest absolute Gasteiger partial charge is 0.306 e. The van der Waals surface area contributed by atoms with Gasteiger partial charge in [0.15, 0.2) is 6.10 Å². The molecule has 0 radical (unpaired) electrons. The molecule has 0 rings (SSSR count). The molecule has 0 amide bonds. The number of allylic oxidation sites excluding steroid dienone is 16. The predicted octanol–water partition coefficient (Wildman–Crippen LogP) is 17.4. The highest BCUT2D eigenvalue weighted by atomic mass is 16.6. The van der Waals surface area contributed by atoms with Crippen molar-refractivity contribution < 1.29 is 28.6 Å². The number of unbranched alkanes of at least 4 members (excludes halogenated alkanes) is 23. The number of hydrogen-bond donors (Lipinski definition) is 0. The van der Waals surface area contributed by atoms with Crippen LogP contribution in [0.5, 0.6) is 0 Å². The maximum Gasteiger partial charge on any atom is 0.306 e. The molecule has 0 aromatic rings. The molecule has 0 N–H and O–H groups in total. The van der Waals surface area contributed by atoms with Crippen molar-refractivity contribution in [3.05, 3.63) is 97.2 Å². The molecule has 6 heteroatoms. The maximum atomic E-state index is 12.8. The van der Waals surface area contributed by atoms with Crippen LogP contribution in [0.3, 0.4) is 0 Å². The van der Waals surface area contributed by atoms with Gasteiger partial charge in [-0.05, 0) is 83.5 Å². The van der Waals surface area contributed by atoms with Gasteiger partial charge >= 0.3 is 17.9 Å². The summed E-state index contributed by atoms with van der Waals surface area (Å²) in [6.07, 6.45) is 68.3. The second-order valence-electron chi connectivity index (χ2n) is 17.2. The molecular weight excluding hydrogens is 793 g/mol. The zero-order valence-corrected chi connectivity index (χ0v) is 41.5. The van der Waals surface area contributed by atoms with Crippen LogP contribution in [0.2, 0.25) is 0 Å². The summed E-state index contributed by atoms with van der Waals surface area (Å²) < 4.78 is 16.7. The SMILES string of the molecule is CC\C=C/C=C\C=C/C=C\CCCCCCCC(=O)OC(COC(=O)CC/C=C\C/C=C\CCCCCCCC)COC(=O)CCCCCCC/C=C\C=C/CCCCCCCCC. The standard InChI is InChI=1S/C58H96O6/c1-4-7-10-13-16-19-22-25-27-28-29-31-33-36-39-42-45-48-51-57(60)63-54-55(53-62-56(59)50-47-44-41-38-35-32-24-21-18-15-12-9-6-3)64-58(61)52-49-46-43-40-37-34-30-26-23-20-17-14-11-8-5-2/h8,11,14,17,20,23,26-32,35,41,44,55H,4-7,9-10,12-13,15-16,18-19,21-22,24-25,33-34,36-40,42-43,45-54H2,1-3H3/b11-8-,17-14-,23-20-,28-27-,30-26-,31-29-,35-32-,44-41-. The fraction of sp³-hybridized carbons (Fsp3) is 0.672. The summed E-state index contributed by atoms with van der Waals surface area (Å²) in [5.74, 6) is -1.02. The zero-order chi connectivity index (χ0) is 46.5. The molecule has 0 aliphatic heterocycles. The van der Waals surface area contributed by atoms with Crippen molar-refractivity contribution in [3.63, 3.8) is 0 Å². The van der Waals surface area contributed by atoms with Gasteiger partial charge in [0.05, 0.1) is 0 Å². The van der Waals surface area contributed by atoms with Crippen molar-refractivity contribution in [1.82, 2.24) is 0 Å². The molecule has 0 saturated carbocycles. The van der Waals surface area contributed by atoms with Crippen LogP contribution in [-0.4, -0.2) is 37.2 Å². The van der Waals surface area contributed by atoms with Crippen molar-refractivity contribution >= 4 is 17.9 Å². The molecule has 0 bridgehead atoms. The van der Waals surface area contributed by atoms with Crippen molar-refractivity contribution in [2.24, 2.45) is 0 Å². The summed E-state index contributed by atoms with van der Waals surface area (Å²) >= 11 is 0. The minimum absolute atomic E-state index is 0.114. The number of rotatable bonds is 46. The third-order valence-corrected chi connectivity index (χ3v) is 10.9. The number of hydrogen-bond acceptors (Lipinski definition) is 6. The fourth-order valence-corrected chi connectivity index (χ4v) is 6.97. The highest BCUT2D eigenvalue weighted by molar-refractivity contribution is 5.71. The monoisotopic (exact) mass is 889 g/mol. The Bertz CT molecular complexity index is 1300. The van der Waals surface area contributed by atoms with E-state index in [-0.39, 0.29) is 44.0 Å². The first-order chi connectivity index (χ1) is 31.5. The van der Waals surface area contributed by atoms with Gasteiger partial charge in [-0.25, -0.2) is 0 Å². The number of esters is 3. The summed E-state index contributed by atoms with van der Waals surface area (Å²) in [6.45, 7) is 6.39. The van der Waals surface area contributed by atoms with Gasteiger partial charge in [0.1, 0.15) is 13.2 Å². The first-order valence-corrected chi connectivity index (χ1v) is 26.3. The molecule has 6 nitrogen and oxygen atoms in total. The molecule has 0 aromatic carbocycles. The highest BCUT2D eigenvalue weighted by Crippen LogP contribution is 2.13. The van der Waals surface area contributed by atoms with Gasteiger partial charge in [-0.15, -0.1) is 0 Å². The second kappa shape index (κ2) is 52.0. The van der Waals surface area contributed by atoms with Gasteiger partial charge in [-0.3, -0.25) is 14.4 Å². The van der Waals surface area contributed by atoms with Crippen LogP contribution >= 0.6 is 0 Å². The van der Waals surface area contributed by atoms with E-state index in [4.69, 9.17) is 14.2 Å². The van der Waals surface area contributed by atoms with Crippen LogP contribution < -0.4 is 0 Å². The normalized spacial score (nSPS) is 12.9. The Morgan fingerprint density at radius 2 is 0.703 bits per heavy atom. The van der Waals surface area contributed by atoms with Gasteiger partial charge in [0.25, 0.3) is 0 Å². The van der Waals surface area contributed by atoms with Crippen LogP contribution in [0.4, 0.5) is 0 Å². The first-order valence-electron chi connectivity index (χ1n) is 26.3. The van der Waals surface area contributed by atoms with Crippen LogP contribution in [0.1, 0.15) is 233 Å². The molecule has 0 heterocycles. The predicted molar refractivity (Wildman–Crippen MR) is 274 cm³/mol. The summed E-state index contributed by atoms with van der Waals surface area (Å²) in [5.41, 5.74) is 0. The second-order valence-corrected chi connectivity index (χ2v) is 17.2. The highest BCUT2D eigenvalue weighted by Gasteiger charge is 2.19. The zero-order valence-electron chi connectivity index (χ0n) is 41.5. The fourth-order valence-electron chi connectivity index (χ4n) is 6.97. The average molecular weight is 889 g/mol. The maximum absolute atomic E-state index is 12.8. The van der Waals surface area contributed by atoms with E-state index in [9.17, 15) is 14.4 Å². The largest absolute Gasteiger partial charge is 0.462 e. The molecule has 0 spiro atoms. The average Bonchev–Trinajstić information content (AvgIpc) is 3.29. The molecule has 1 unspecified atom stereocenters. The molecule has 1 atom stereocenters. The van der Waals surface area contributed by atoms with Crippen molar-refractivity contribution in [3.8, 4) is 0 Å². The van der Waals surface area contributed by atoms with Crippen molar-refractivity contribution in [1.29, 1.82) is 0 Å². The van der Waals surface area contributed by atoms with Gasteiger partial charge in [0.2, 0.25) is 0 Å². The summed E-state index contributed by atoms with van der Waals surface area (Å²) in [7, 11) is 0. The molecule has 0 aromatic heterocycles. The van der Waals surface area contributed by atoms with Crippen LogP contribution in [0, 0.1) is 0 Å². The topological polar surface area (TPSA) is 78.9 Å².